The summed E-state index contributed by atoms with van der Waals surface area (Å²) in [6.45, 7) is 10.8. The molecule has 200 valence electrons. The van der Waals surface area contributed by atoms with Gasteiger partial charge in [-0.15, -0.1) is 23.4 Å². The second kappa shape index (κ2) is 12.4. The number of hydrogen-bond acceptors (Lipinski definition) is 6. The quantitative estimate of drug-likeness (QED) is 0.271. The number of halogens is 3. The topological polar surface area (TPSA) is 78.3 Å². The van der Waals surface area contributed by atoms with Crippen LogP contribution in [0, 0.1) is 5.92 Å². The van der Waals surface area contributed by atoms with Gasteiger partial charge in [-0.25, -0.2) is 0 Å². The van der Waals surface area contributed by atoms with Crippen molar-refractivity contribution in [1.82, 2.24) is 14.8 Å². The van der Waals surface area contributed by atoms with Crippen molar-refractivity contribution >= 4 is 23.4 Å². The van der Waals surface area contributed by atoms with E-state index in [9.17, 15) is 18.0 Å². The van der Waals surface area contributed by atoms with Gasteiger partial charge in [0.1, 0.15) is 5.75 Å². The fourth-order valence-electron chi connectivity index (χ4n) is 3.65. The Morgan fingerprint density at radius 3 is 2.30 bits per heavy atom. The van der Waals surface area contributed by atoms with Crippen LogP contribution in [0.15, 0.2) is 53.7 Å². The number of nitrogens with zero attached hydrogens (tertiary/aromatic N) is 3. The second-order valence-corrected chi connectivity index (χ2v) is 10.1. The fraction of sp³-hybridized carbons (Fsp3) is 0.423. The molecule has 1 unspecified atom stereocenters. The highest BCUT2D eigenvalue weighted by atomic mass is 32.2. The number of para-hydroxylation sites is 3. The van der Waals surface area contributed by atoms with E-state index in [1.54, 1.807) is 0 Å². The molecule has 7 nitrogen and oxygen atoms in total. The summed E-state index contributed by atoms with van der Waals surface area (Å²) in [6, 6.07) is 13.2. The van der Waals surface area contributed by atoms with Crippen LogP contribution in [0.3, 0.4) is 0 Å². The minimum Gasteiger partial charge on any atom is -0.482 e. The summed E-state index contributed by atoms with van der Waals surface area (Å²) in [5.74, 6) is 0.890. The first-order valence-electron chi connectivity index (χ1n) is 11.9. The van der Waals surface area contributed by atoms with E-state index in [0.29, 0.717) is 17.5 Å². The fourth-order valence-corrected chi connectivity index (χ4v) is 4.41. The number of alkyl halides is 3. The standard InChI is InChI=1S/C26H31F3N4O3S/c1-16(2)14-33-24(18(5)35-21-12-8-6-10-19(21)17(3)4)31-32-25(33)37-15-23(34)30-20-11-7-9-13-22(20)36-26(27,28)29/h6-13,16-18H,14-15H2,1-5H3,(H,30,34). The normalized spacial score (nSPS) is 12.6. The van der Waals surface area contributed by atoms with Crippen molar-refractivity contribution in [2.45, 2.75) is 64.7 Å². The highest BCUT2D eigenvalue weighted by Crippen LogP contribution is 2.32. The number of hydrogen-bond donors (Lipinski definition) is 1. The molecular weight excluding hydrogens is 505 g/mol. The lowest BCUT2D eigenvalue weighted by Gasteiger charge is -2.20. The highest BCUT2D eigenvalue weighted by molar-refractivity contribution is 7.99. The summed E-state index contributed by atoms with van der Waals surface area (Å²) in [4.78, 5) is 12.6. The lowest BCUT2D eigenvalue weighted by Crippen LogP contribution is -2.20. The van der Waals surface area contributed by atoms with Crippen molar-refractivity contribution in [1.29, 1.82) is 0 Å². The minimum atomic E-state index is -4.87. The third-order valence-electron chi connectivity index (χ3n) is 5.22. The van der Waals surface area contributed by atoms with Crippen molar-refractivity contribution in [3.63, 3.8) is 0 Å². The van der Waals surface area contributed by atoms with E-state index >= 15 is 0 Å². The SMILES string of the molecule is CC(C)Cn1c(SCC(=O)Nc2ccccc2OC(F)(F)F)nnc1C(C)Oc1ccccc1C(C)C. The number of rotatable bonds is 11. The second-order valence-electron chi connectivity index (χ2n) is 9.18. The number of carbonyl (C=O) groups excluding carboxylic acids is 1. The molecule has 1 N–H and O–H groups in total. The van der Waals surface area contributed by atoms with Gasteiger partial charge in [0.25, 0.3) is 0 Å². The molecule has 3 aromatic rings. The molecule has 37 heavy (non-hydrogen) atoms. The third-order valence-corrected chi connectivity index (χ3v) is 6.19. The molecule has 0 aliphatic carbocycles. The molecule has 11 heteroatoms. The Morgan fingerprint density at radius 1 is 1.00 bits per heavy atom. The maximum Gasteiger partial charge on any atom is 0.573 e. The molecule has 1 aromatic heterocycles. The van der Waals surface area contributed by atoms with Crippen LogP contribution >= 0.6 is 11.8 Å². The van der Waals surface area contributed by atoms with Crippen molar-refractivity contribution < 1.29 is 27.4 Å². The third kappa shape index (κ3) is 8.14. The summed E-state index contributed by atoms with van der Waals surface area (Å²) in [5, 5.41) is 11.6. The number of ether oxygens (including phenoxy) is 2. The molecule has 1 heterocycles. The Bertz CT molecular complexity index is 1200. The van der Waals surface area contributed by atoms with Gasteiger partial charge >= 0.3 is 6.36 Å². The number of thioether (sulfide) groups is 1. The molecule has 0 radical (unpaired) electrons. The van der Waals surface area contributed by atoms with E-state index < -0.39 is 24.1 Å². The molecular formula is C26H31F3N4O3S. The van der Waals surface area contributed by atoms with E-state index in [-0.39, 0.29) is 23.3 Å². The molecule has 0 aliphatic rings. The van der Waals surface area contributed by atoms with Gasteiger partial charge in [0.2, 0.25) is 5.91 Å². The largest absolute Gasteiger partial charge is 0.573 e. The van der Waals surface area contributed by atoms with Gasteiger partial charge < -0.3 is 19.4 Å². The van der Waals surface area contributed by atoms with E-state index in [1.165, 1.54) is 18.2 Å². The number of anilines is 1. The Balaban J connectivity index is 1.73. The van der Waals surface area contributed by atoms with E-state index in [0.717, 1.165) is 29.1 Å². The minimum absolute atomic E-state index is 0.0689. The van der Waals surface area contributed by atoms with Crippen LogP contribution in [0.4, 0.5) is 18.9 Å². The van der Waals surface area contributed by atoms with Crippen molar-refractivity contribution in [2.75, 3.05) is 11.1 Å². The predicted molar refractivity (Wildman–Crippen MR) is 137 cm³/mol. The monoisotopic (exact) mass is 536 g/mol. The summed E-state index contributed by atoms with van der Waals surface area (Å²) in [7, 11) is 0. The van der Waals surface area contributed by atoms with Gasteiger partial charge in [0, 0.05) is 6.54 Å². The molecule has 0 aliphatic heterocycles. The number of benzene rings is 2. The molecule has 0 saturated carbocycles. The highest BCUT2D eigenvalue weighted by Gasteiger charge is 2.32. The molecule has 0 fully saturated rings. The van der Waals surface area contributed by atoms with Crippen LogP contribution in [-0.2, 0) is 11.3 Å². The van der Waals surface area contributed by atoms with E-state index in [2.05, 4.69) is 47.9 Å². The van der Waals surface area contributed by atoms with Gasteiger partial charge in [-0.2, -0.15) is 0 Å². The maximum absolute atomic E-state index is 12.7. The maximum atomic E-state index is 12.7. The molecule has 0 bridgehead atoms. The zero-order chi connectivity index (χ0) is 27.2. The molecule has 3 rings (SSSR count). The van der Waals surface area contributed by atoms with Crippen LogP contribution in [-0.4, -0.2) is 32.8 Å². The summed E-state index contributed by atoms with van der Waals surface area (Å²) in [5.41, 5.74) is 1.02. The Labute approximate surface area is 218 Å². The van der Waals surface area contributed by atoms with Crippen LogP contribution in [0.25, 0.3) is 0 Å². The molecule has 2 aromatic carbocycles. The molecule has 0 spiro atoms. The van der Waals surface area contributed by atoms with E-state index in [1.807, 2.05) is 35.8 Å². The zero-order valence-electron chi connectivity index (χ0n) is 21.4. The van der Waals surface area contributed by atoms with Crippen molar-refractivity contribution in [3.05, 3.63) is 59.9 Å². The van der Waals surface area contributed by atoms with Crippen molar-refractivity contribution in [3.8, 4) is 11.5 Å². The van der Waals surface area contributed by atoms with Gasteiger partial charge in [-0.1, -0.05) is 69.8 Å². The first kappa shape index (κ1) is 28.4. The van der Waals surface area contributed by atoms with Gasteiger partial charge in [-0.05, 0) is 42.5 Å². The average Bonchev–Trinajstić information content (AvgIpc) is 3.20. The van der Waals surface area contributed by atoms with Crippen LogP contribution in [0.5, 0.6) is 11.5 Å². The average molecular weight is 537 g/mol. The van der Waals surface area contributed by atoms with Crippen LogP contribution in [0.1, 0.15) is 58.0 Å². The lowest BCUT2D eigenvalue weighted by molar-refractivity contribution is -0.274. The lowest BCUT2D eigenvalue weighted by atomic mass is 10.0. The van der Waals surface area contributed by atoms with Crippen LogP contribution < -0.4 is 14.8 Å². The molecule has 1 amide bonds. The number of carbonyl (C=O) groups is 1. The Kier molecular flexibility index (Phi) is 9.47. The van der Waals surface area contributed by atoms with E-state index in [4.69, 9.17) is 4.74 Å². The zero-order valence-corrected chi connectivity index (χ0v) is 22.2. The number of amides is 1. The smallest absolute Gasteiger partial charge is 0.482 e. The first-order chi connectivity index (χ1) is 17.4. The predicted octanol–water partition coefficient (Wildman–Crippen LogP) is 6.83. The summed E-state index contributed by atoms with van der Waals surface area (Å²) < 4.78 is 50.2. The molecule has 0 saturated heterocycles. The van der Waals surface area contributed by atoms with Gasteiger partial charge in [0.05, 0.1) is 11.4 Å². The Morgan fingerprint density at radius 2 is 1.65 bits per heavy atom. The van der Waals surface area contributed by atoms with Crippen LogP contribution in [0.2, 0.25) is 0 Å². The first-order valence-corrected chi connectivity index (χ1v) is 12.9. The molecule has 1 atom stereocenters. The summed E-state index contributed by atoms with van der Waals surface area (Å²) in [6.07, 6.45) is -5.27. The van der Waals surface area contributed by atoms with Gasteiger partial charge in [-0.3, -0.25) is 4.79 Å². The summed E-state index contributed by atoms with van der Waals surface area (Å²) >= 11 is 1.15. The van der Waals surface area contributed by atoms with Crippen molar-refractivity contribution in [2.24, 2.45) is 5.92 Å². The Hall–Kier alpha value is -3.21. The number of aromatic nitrogens is 3. The number of nitrogens with one attached hydrogen (secondary N) is 1. The van der Waals surface area contributed by atoms with Gasteiger partial charge in [0.15, 0.2) is 22.8 Å².